The quantitative estimate of drug-likeness (QED) is 0.293. The van der Waals surface area contributed by atoms with Crippen LogP contribution in [0.4, 0.5) is 5.00 Å². The Morgan fingerprint density at radius 3 is 2.61 bits per heavy atom. The average molecular weight is 517 g/mol. The number of rotatable bonds is 3. The number of fused-ring (bicyclic) bond motifs is 2. The van der Waals surface area contributed by atoms with Crippen LogP contribution in [-0.2, 0) is 12.0 Å². The summed E-state index contributed by atoms with van der Waals surface area (Å²) in [7, 11) is 0. The van der Waals surface area contributed by atoms with Gasteiger partial charge in [-0.1, -0.05) is 35.3 Å². The Morgan fingerprint density at radius 2 is 1.85 bits per heavy atom. The third-order valence-electron chi connectivity index (χ3n) is 5.75. The molecule has 0 atom stereocenters. The van der Waals surface area contributed by atoms with Crippen LogP contribution < -0.4 is 10.6 Å². The van der Waals surface area contributed by atoms with Gasteiger partial charge in [-0.05, 0) is 70.0 Å². The zero-order valence-corrected chi connectivity index (χ0v) is 21.8. The van der Waals surface area contributed by atoms with Gasteiger partial charge in [0.15, 0.2) is 0 Å². The summed E-state index contributed by atoms with van der Waals surface area (Å²) in [5, 5.41) is 9.41. The molecule has 8 heteroatoms. The molecule has 3 heterocycles. The second-order valence-corrected chi connectivity index (χ2v) is 12.4. The first-order valence-electron chi connectivity index (χ1n) is 10.6. The van der Waals surface area contributed by atoms with Crippen molar-refractivity contribution in [3.8, 4) is 10.6 Å². The van der Waals surface area contributed by atoms with Crippen molar-refractivity contribution in [1.82, 2.24) is 10.3 Å². The highest BCUT2D eigenvalue weighted by Crippen LogP contribution is 2.50. The molecule has 2 N–H and O–H groups in total. The van der Waals surface area contributed by atoms with E-state index in [2.05, 4.69) is 44.4 Å². The molecule has 4 aromatic rings. The van der Waals surface area contributed by atoms with E-state index in [4.69, 9.17) is 28.2 Å². The maximum absolute atomic E-state index is 13.3. The van der Waals surface area contributed by atoms with Crippen molar-refractivity contribution in [1.29, 1.82) is 0 Å². The molecule has 1 aliphatic heterocycles. The molecule has 170 valence electrons. The number of aromatic nitrogens is 1. The van der Waals surface area contributed by atoms with Gasteiger partial charge in [0.1, 0.15) is 10.0 Å². The molecule has 1 amide bonds. The Balaban J connectivity index is 1.68. The fourth-order valence-electron chi connectivity index (χ4n) is 4.66. The van der Waals surface area contributed by atoms with E-state index in [0.29, 0.717) is 15.6 Å². The van der Waals surface area contributed by atoms with Gasteiger partial charge in [0, 0.05) is 26.5 Å². The normalized spacial score (nSPS) is 16.5. The van der Waals surface area contributed by atoms with Crippen molar-refractivity contribution >= 4 is 67.0 Å². The second-order valence-electron chi connectivity index (χ2n) is 9.49. The number of hydrogen-bond acceptors (Lipinski definition) is 5. The number of hydrogen-bond donors (Lipinski definition) is 2. The smallest absolute Gasteiger partial charge is 0.257 e. The first kappa shape index (κ1) is 22.8. The predicted octanol–water partition coefficient (Wildman–Crippen LogP) is 7.74. The minimum Gasteiger partial charge on any atom is -0.313 e. The number of nitrogens with one attached hydrogen (secondary N) is 2. The molecular formula is C25H23Cl2N3OS2. The van der Waals surface area contributed by atoms with Crippen molar-refractivity contribution in [3.05, 3.63) is 68.5 Å². The van der Waals surface area contributed by atoms with Gasteiger partial charge in [-0.25, -0.2) is 4.98 Å². The number of nitrogens with zero attached hydrogens (tertiary/aromatic N) is 1. The van der Waals surface area contributed by atoms with Gasteiger partial charge in [-0.2, -0.15) is 0 Å². The van der Waals surface area contributed by atoms with E-state index in [0.717, 1.165) is 32.2 Å². The minimum absolute atomic E-state index is 0.0967. The molecule has 0 radical (unpaired) electrons. The Kier molecular flexibility index (Phi) is 5.58. The lowest BCUT2D eigenvalue weighted by atomic mass is 9.81. The molecule has 0 saturated carbocycles. The number of anilines is 1. The zero-order chi connectivity index (χ0) is 23.5. The monoisotopic (exact) mass is 515 g/mol. The van der Waals surface area contributed by atoms with Crippen molar-refractivity contribution in [2.45, 2.75) is 45.2 Å². The lowest BCUT2D eigenvalue weighted by molar-refractivity contribution is 0.102. The summed E-state index contributed by atoms with van der Waals surface area (Å²) in [6, 6.07) is 13.0. The molecule has 0 unspecified atom stereocenters. The molecular weight excluding hydrogens is 493 g/mol. The van der Waals surface area contributed by atoms with E-state index in [9.17, 15) is 4.79 Å². The van der Waals surface area contributed by atoms with Crippen molar-refractivity contribution in [3.63, 3.8) is 0 Å². The molecule has 4 nitrogen and oxygen atoms in total. The number of thiazole rings is 1. The number of halogens is 2. The van der Waals surface area contributed by atoms with Crippen molar-refractivity contribution in [2.75, 3.05) is 5.32 Å². The van der Waals surface area contributed by atoms with Gasteiger partial charge < -0.3 is 10.6 Å². The molecule has 2 aromatic heterocycles. The standard InChI is InChI=1S/C25H23Cl2N3OS2/c1-24(2)12-15-19(22-28-17-7-5-6-8-18(17)32-22)23(33-20(15)25(3,4)30-24)29-21(31)14-11-13(26)9-10-16(14)27/h5-11,30H,12H2,1-4H3,(H,29,31). The summed E-state index contributed by atoms with van der Waals surface area (Å²) in [5.41, 5.74) is 3.21. The molecule has 5 rings (SSSR count). The van der Waals surface area contributed by atoms with Crippen molar-refractivity contribution in [2.24, 2.45) is 0 Å². The van der Waals surface area contributed by atoms with Crippen LogP contribution in [0.2, 0.25) is 10.0 Å². The number of carbonyl (C=O) groups is 1. The van der Waals surface area contributed by atoms with E-state index >= 15 is 0 Å². The average Bonchev–Trinajstić information content (AvgIpc) is 3.29. The number of carbonyl (C=O) groups excluding carboxylic acids is 1. The molecule has 0 spiro atoms. The topological polar surface area (TPSA) is 54.0 Å². The second kappa shape index (κ2) is 8.07. The lowest BCUT2D eigenvalue weighted by Gasteiger charge is -2.42. The summed E-state index contributed by atoms with van der Waals surface area (Å²) in [6.45, 7) is 8.79. The molecule has 0 saturated heterocycles. The highest BCUT2D eigenvalue weighted by Gasteiger charge is 2.41. The fourth-order valence-corrected chi connectivity index (χ4v) is 7.42. The van der Waals surface area contributed by atoms with Crippen LogP contribution in [0.15, 0.2) is 42.5 Å². The van der Waals surface area contributed by atoms with E-state index in [1.54, 1.807) is 40.9 Å². The fraction of sp³-hybridized carbons (Fsp3) is 0.280. The van der Waals surface area contributed by atoms with Crippen LogP contribution >= 0.6 is 45.9 Å². The van der Waals surface area contributed by atoms with E-state index in [1.807, 2.05) is 18.2 Å². The van der Waals surface area contributed by atoms with Gasteiger partial charge in [-0.3, -0.25) is 4.79 Å². The largest absolute Gasteiger partial charge is 0.313 e. The first-order valence-corrected chi connectivity index (χ1v) is 13.0. The minimum atomic E-state index is -0.284. The van der Waals surface area contributed by atoms with E-state index in [1.165, 1.54) is 10.4 Å². The van der Waals surface area contributed by atoms with E-state index < -0.39 is 0 Å². The SMILES string of the molecule is CC1(C)Cc2c(sc(NC(=O)c3cc(Cl)ccc3Cl)c2-c2nc3ccccc3s2)C(C)(C)N1. The third kappa shape index (κ3) is 4.19. The van der Waals surface area contributed by atoms with Crippen LogP contribution in [-0.4, -0.2) is 16.4 Å². The van der Waals surface area contributed by atoms with Crippen LogP contribution in [0.5, 0.6) is 0 Å². The summed E-state index contributed by atoms with van der Waals surface area (Å²) < 4.78 is 1.12. The summed E-state index contributed by atoms with van der Waals surface area (Å²) in [6.07, 6.45) is 0.835. The Morgan fingerprint density at radius 1 is 1.09 bits per heavy atom. The summed E-state index contributed by atoms with van der Waals surface area (Å²) >= 11 is 15.7. The Bertz CT molecular complexity index is 1370. The molecule has 2 aromatic carbocycles. The third-order valence-corrected chi connectivity index (χ3v) is 8.84. The zero-order valence-electron chi connectivity index (χ0n) is 18.7. The van der Waals surface area contributed by atoms with Crippen LogP contribution in [0.1, 0.15) is 48.5 Å². The highest BCUT2D eigenvalue weighted by molar-refractivity contribution is 7.23. The molecule has 1 aliphatic rings. The van der Waals surface area contributed by atoms with Crippen LogP contribution in [0.25, 0.3) is 20.8 Å². The number of benzene rings is 2. The number of thiophene rings is 1. The molecule has 33 heavy (non-hydrogen) atoms. The van der Waals surface area contributed by atoms with Gasteiger partial charge in [0.25, 0.3) is 5.91 Å². The maximum atomic E-state index is 13.3. The number of amides is 1. The van der Waals surface area contributed by atoms with Crippen LogP contribution in [0.3, 0.4) is 0 Å². The molecule has 0 fully saturated rings. The van der Waals surface area contributed by atoms with Crippen molar-refractivity contribution < 1.29 is 4.79 Å². The summed E-state index contributed by atoms with van der Waals surface area (Å²) in [5.74, 6) is -0.284. The van der Waals surface area contributed by atoms with Gasteiger partial charge in [-0.15, -0.1) is 22.7 Å². The van der Waals surface area contributed by atoms with E-state index in [-0.39, 0.29) is 17.0 Å². The van der Waals surface area contributed by atoms with Gasteiger partial charge in [0.05, 0.1) is 20.8 Å². The predicted molar refractivity (Wildman–Crippen MR) is 141 cm³/mol. The molecule has 0 bridgehead atoms. The maximum Gasteiger partial charge on any atom is 0.257 e. The van der Waals surface area contributed by atoms with Crippen LogP contribution in [0, 0.1) is 0 Å². The summed E-state index contributed by atoms with van der Waals surface area (Å²) in [4.78, 5) is 19.4. The molecule has 0 aliphatic carbocycles. The number of para-hydroxylation sites is 1. The first-order chi connectivity index (χ1) is 15.5. The van der Waals surface area contributed by atoms with Gasteiger partial charge in [0.2, 0.25) is 0 Å². The Hall–Kier alpha value is -1.96. The van der Waals surface area contributed by atoms with Gasteiger partial charge >= 0.3 is 0 Å². The Labute approximate surface area is 211 Å². The highest BCUT2D eigenvalue weighted by atomic mass is 35.5. The lowest BCUT2D eigenvalue weighted by Crippen LogP contribution is -2.54.